The minimum absolute atomic E-state index is 0.0332. The Bertz CT molecular complexity index is 2240. The number of aliphatic hydroxyl groups is 1. The number of hydrogen-bond acceptors (Lipinski definition) is 11. The van der Waals surface area contributed by atoms with Gasteiger partial charge in [0.25, 0.3) is 11.8 Å². The summed E-state index contributed by atoms with van der Waals surface area (Å²) in [6.07, 6.45) is 0.881. The Balaban J connectivity index is 0.811. The molecular formula is C48H58N6O8. The normalized spacial score (nSPS) is 26.0. The standard InChI is InChI=1S/C48H58N6O8/c1-28-21-35(22-29(2)38(28)24-49)62-46-47(3,4)45(48(46,5)6)51-41(56)31-7-9-32(10-8-31)52-17-15-30(16-18-52)25-53-19-20-60-26-33(53)27-61-34-11-12-36-37(23-34)44(59)54(43(36)58)39-13-14-40(55)50-42(39)57/h7-12,21-23,30,33,39,44-46,59H,13-20,25-27H2,1-6H3,(H,51,56)(H,50,55,57)/t33-,39?,44?,45?,46?/m1/s1. The van der Waals surface area contributed by atoms with Gasteiger partial charge in [0.2, 0.25) is 11.8 Å². The summed E-state index contributed by atoms with van der Waals surface area (Å²) in [4.78, 5) is 56.9. The quantitative estimate of drug-likeness (QED) is 0.221. The third-order valence-electron chi connectivity index (χ3n) is 14.0. The summed E-state index contributed by atoms with van der Waals surface area (Å²) in [5, 5.41) is 26.2. The van der Waals surface area contributed by atoms with Gasteiger partial charge in [-0.05, 0) is 105 Å². The van der Waals surface area contributed by atoms with Gasteiger partial charge in [0.1, 0.15) is 30.3 Å². The monoisotopic (exact) mass is 846 g/mol. The van der Waals surface area contributed by atoms with Crippen LogP contribution in [0.15, 0.2) is 54.6 Å². The summed E-state index contributed by atoms with van der Waals surface area (Å²) >= 11 is 0. The predicted molar refractivity (Wildman–Crippen MR) is 231 cm³/mol. The molecule has 1 aliphatic carbocycles. The van der Waals surface area contributed by atoms with Gasteiger partial charge in [-0.2, -0.15) is 5.26 Å². The number of imide groups is 1. The van der Waals surface area contributed by atoms with Crippen LogP contribution in [0.3, 0.4) is 0 Å². The van der Waals surface area contributed by atoms with Gasteiger partial charge in [-0.15, -0.1) is 0 Å². The average Bonchev–Trinajstić information content (AvgIpc) is 3.49. The molecule has 328 valence electrons. The van der Waals surface area contributed by atoms with Crippen LogP contribution in [0.2, 0.25) is 0 Å². The molecule has 4 heterocycles. The fraction of sp³-hybridized carbons (Fsp3) is 0.521. The fourth-order valence-corrected chi connectivity index (χ4v) is 10.8. The topological polar surface area (TPSA) is 174 Å². The maximum atomic E-state index is 13.6. The number of anilines is 1. The summed E-state index contributed by atoms with van der Waals surface area (Å²) < 4.78 is 18.7. The molecule has 4 fully saturated rings. The number of aryl methyl sites for hydroxylation is 2. The average molecular weight is 847 g/mol. The number of carbonyl (C=O) groups excluding carboxylic acids is 4. The number of hydrogen-bond donors (Lipinski definition) is 3. The minimum atomic E-state index is -1.31. The first kappa shape index (κ1) is 43.2. The lowest BCUT2D eigenvalue weighted by molar-refractivity contribution is -0.164. The molecule has 0 radical (unpaired) electrons. The smallest absolute Gasteiger partial charge is 0.257 e. The van der Waals surface area contributed by atoms with E-state index < -0.39 is 24.1 Å². The molecular weight excluding hydrogens is 789 g/mol. The lowest BCUT2D eigenvalue weighted by Crippen LogP contribution is -2.74. The van der Waals surface area contributed by atoms with Crippen LogP contribution >= 0.6 is 0 Å². The van der Waals surface area contributed by atoms with Gasteiger partial charge in [-0.25, -0.2) is 0 Å². The number of aliphatic hydroxyl groups excluding tert-OH is 1. The van der Waals surface area contributed by atoms with E-state index in [1.165, 1.54) is 0 Å². The number of morpholine rings is 1. The van der Waals surface area contributed by atoms with Crippen molar-refractivity contribution in [1.82, 2.24) is 20.4 Å². The maximum Gasteiger partial charge on any atom is 0.257 e. The molecule has 62 heavy (non-hydrogen) atoms. The van der Waals surface area contributed by atoms with E-state index in [2.05, 4.69) is 54.2 Å². The lowest BCUT2D eigenvalue weighted by Gasteiger charge is -2.63. The molecule has 3 N–H and O–H groups in total. The van der Waals surface area contributed by atoms with Gasteiger partial charge in [0, 0.05) is 71.8 Å². The van der Waals surface area contributed by atoms with Crippen LogP contribution in [0.5, 0.6) is 11.5 Å². The first-order valence-corrected chi connectivity index (χ1v) is 21.8. The highest BCUT2D eigenvalue weighted by molar-refractivity contribution is 6.05. The number of benzene rings is 3. The molecule has 0 bridgehead atoms. The third-order valence-corrected chi connectivity index (χ3v) is 14.0. The number of rotatable bonds is 11. The van der Waals surface area contributed by atoms with Gasteiger partial charge in [0.15, 0.2) is 6.23 Å². The molecule has 14 heteroatoms. The van der Waals surface area contributed by atoms with Crippen molar-refractivity contribution in [2.45, 2.75) is 97.7 Å². The Hall–Kier alpha value is -5.49. The molecule has 4 amide bonds. The highest BCUT2D eigenvalue weighted by Crippen LogP contribution is 2.55. The summed E-state index contributed by atoms with van der Waals surface area (Å²) in [7, 11) is 0. The number of amides is 4. The van der Waals surface area contributed by atoms with E-state index in [0.29, 0.717) is 53.7 Å². The predicted octanol–water partition coefficient (Wildman–Crippen LogP) is 5.04. The molecule has 8 rings (SSSR count). The van der Waals surface area contributed by atoms with Crippen molar-refractivity contribution in [3.8, 4) is 17.6 Å². The van der Waals surface area contributed by atoms with Crippen LogP contribution in [0, 0.1) is 41.9 Å². The van der Waals surface area contributed by atoms with Crippen molar-refractivity contribution in [2.75, 3.05) is 50.9 Å². The molecule has 3 atom stereocenters. The number of piperidine rings is 2. The second-order valence-corrected chi connectivity index (χ2v) is 18.9. The molecule has 3 aromatic rings. The van der Waals surface area contributed by atoms with Crippen LogP contribution in [0.25, 0.3) is 0 Å². The van der Waals surface area contributed by atoms with Gasteiger partial charge in [0.05, 0.1) is 30.9 Å². The zero-order valence-corrected chi connectivity index (χ0v) is 36.5. The number of ether oxygens (including phenoxy) is 3. The number of nitrogens with one attached hydrogen (secondary N) is 2. The molecule has 14 nitrogen and oxygen atoms in total. The Kier molecular flexibility index (Phi) is 11.8. The second kappa shape index (κ2) is 17.0. The van der Waals surface area contributed by atoms with Gasteiger partial charge >= 0.3 is 0 Å². The number of nitrogens with zero attached hydrogens (tertiary/aromatic N) is 4. The molecule has 0 aromatic heterocycles. The van der Waals surface area contributed by atoms with Crippen LogP contribution in [-0.2, 0) is 14.3 Å². The highest BCUT2D eigenvalue weighted by Gasteiger charge is 2.64. The van der Waals surface area contributed by atoms with Crippen molar-refractivity contribution in [3.05, 3.63) is 88.0 Å². The number of carbonyl (C=O) groups is 4. The van der Waals surface area contributed by atoms with E-state index in [1.807, 2.05) is 50.2 Å². The van der Waals surface area contributed by atoms with Crippen LogP contribution < -0.4 is 25.0 Å². The van der Waals surface area contributed by atoms with E-state index in [1.54, 1.807) is 18.2 Å². The summed E-state index contributed by atoms with van der Waals surface area (Å²) in [6, 6.07) is 18.0. The summed E-state index contributed by atoms with van der Waals surface area (Å²) in [6.45, 7) is 17.5. The van der Waals surface area contributed by atoms with Crippen LogP contribution in [0.4, 0.5) is 5.69 Å². The number of fused-ring (bicyclic) bond motifs is 1. The number of nitriles is 1. The van der Waals surface area contributed by atoms with E-state index in [4.69, 9.17) is 14.2 Å². The first-order chi connectivity index (χ1) is 29.6. The zero-order chi connectivity index (χ0) is 44.1. The van der Waals surface area contributed by atoms with E-state index in [0.717, 1.165) is 66.5 Å². The van der Waals surface area contributed by atoms with E-state index >= 15 is 0 Å². The van der Waals surface area contributed by atoms with Crippen molar-refractivity contribution in [3.63, 3.8) is 0 Å². The fourth-order valence-electron chi connectivity index (χ4n) is 10.8. The third kappa shape index (κ3) is 8.14. The van der Waals surface area contributed by atoms with E-state index in [-0.39, 0.29) is 53.7 Å². The Labute approximate surface area is 363 Å². The SMILES string of the molecule is Cc1cc(OC2C(C)(C)C(NC(=O)c3ccc(N4CCC(CN5CCOC[C@@H]5COc5ccc6c(c5)C(O)N(C5CCC(=O)NC5=O)C6=O)CC4)cc3)C2(C)C)cc(C)c1C#N. The zero-order valence-electron chi connectivity index (χ0n) is 36.5. The molecule has 0 spiro atoms. The first-order valence-electron chi connectivity index (χ1n) is 21.8. The highest BCUT2D eigenvalue weighted by atomic mass is 16.5. The largest absolute Gasteiger partial charge is 0.492 e. The Morgan fingerprint density at radius 3 is 2.31 bits per heavy atom. The van der Waals surface area contributed by atoms with Gasteiger partial charge < -0.3 is 29.5 Å². The van der Waals surface area contributed by atoms with Gasteiger partial charge in [-0.3, -0.25) is 34.3 Å². The van der Waals surface area contributed by atoms with Gasteiger partial charge in [-0.1, -0.05) is 27.7 Å². The minimum Gasteiger partial charge on any atom is -0.492 e. The summed E-state index contributed by atoms with van der Waals surface area (Å²) in [5.74, 6) is 0.246. The van der Waals surface area contributed by atoms with E-state index in [9.17, 15) is 29.5 Å². The Morgan fingerprint density at radius 2 is 1.65 bits per heavy atom. The Morgan fingerprint density at radius 1 is 0.952 bits per heavy atom. The molecule has 3 aromatic carbocycles. The second-order valence-electron chi connectivity index (χ2n) is 18.9. The van der Waals surface area contributed by atoms with Crippen molar-refractivity contribution in [2.24, 2.45) is 16.7 Å². The maximum absolute atomic E-state index is 13.6. The molecule has 3 saturated heterocycles. The van der Waals surface area contributed by atoms with Crippen molar-refractivity contribution >= 4 is 29.3 Å². The van der Waals surface area contributed by atoms with Crippen LogP contribution in [-0.4, -0.2) is 109 Å². The lowest BCUT2D eigenvalue weighted by atomic mass is 9.49. The molecule has 2 unspecified atom stereocenters. The van der Waals surface area contributed by atoms with Crippen LogP contribution in [0.1, 0.15) is 103 Å². The van der Waals surface area contributed by atoms with Crippen molar-refractivity contribution in [1.29, 1.82) is 5.26 Å². The molecule has 4 aliphatic heterocycles. The molecule has 5 aliphatic rings. The molecule has 1 saturated carbocycles. The summed E-state index contributed by atoms with van der Waals surface area (Å²) in [5.41, 5.74) is 4.23. The van der Waals surface area contributed by atoms with Crippen molar-refractivity contribution < 1.29 is 38.5 Å².